The molecule has 0 bridgehead atoms. The summed E-state index contributed by atoms with van der Waals surface area (Å²) in [5.41, 5.74) is 0.669. The minimum atomic E-state index is -0.890. The van der Waals surface area contributed by atoms with Crippen molar-refractivity contribution in [3.05, 3.63) is 35.4 Å². The third kappa shape index (κ3) is 3.39. The van der Waals surface area contributed by atoms with Gasteiger partial charge in [-0.05, 0) is 18.6 Å². The number of esters is 1. The number of hydrogen-bond donors (Lipinski definition) is 0. The van der Waals surface area contributed by atoms with Gasteiger partial charge in [0.25, 0.3) is 11.8 Å². The van der Waals surface area contributed by atoms with Gasteiger partial charge in [-0.2, -0.15) is 0 Å². The molecule has 144 valence electrons. The molecule has 0 N–H and O–H groups in total. The first-order valence-electron chi connectivity index (χ1n) is 8.97. The van der Waals surface area contributed by atoms with Crippen LogP contribution in [0.25, 0.3) is 0 Å². The van der Waals surface area contributed by atoms with Crippen LogP contribution in [0.2, 0.25) is 0 Å². The third-order valence-corrected chi connectivity index (χ3v) is 4.90. The molecule has 3 rings (SSSR count). The van der Waals surface area contributed by atoms with Crippen molar-refractivity contribution >= 4 is 23.9 Å². The van der Waals surface area contributed by atoms with Crippen molar-refractivity contribution in [3.63, 3.8) is 0 Å². The summed E-state index contributed by atoms with van der Waals surface area (Å²) >= 11 is 0. The van der Waals surface area contributed by atoms with Crippen LogP contribution in [-0.2, 0) is 14.3 Å². The molecule has 1 saturated heterocycles. The minimum Gasteiger partial charge on any atom is -0.467 e. The summed E-state index contributed by atoms with van der Waals surface area (Å²) in [5, 5.41) is 0. The van der Waals surface area contributed by atoms with E-state index in [1.165, 1.54) is 12.0 Å². The second-order valence-electron chi connectivity index (χ2n) is 6.57. The van der Waals surface area contributed by atoms with Gasteiger partial charge < -0.3 is 9.47 Å². The molecule has 0 aromatic heterocycles. The minimum absolute atomic E-state index is 0.0379. The standard InChI is InChI=1S/C19H22N2O6/c1-3-4-9-27-19(25)20-11-12(10-15(20)18(24)26-2)21-16(22)13-7-5-6-8-14(13)17(21)23/h5-8,12,15H,3-4,9-11H2,1-2H3/t12-,15+/m1/s1. The number of ether oxygens (including phenoxy) is 2. The van der Waals surface area contributed by atoms with Gasteiger partial charge >= 0.3 is 12.1 Å². The van der Waals surface area contributed by atoms with Gasteiger partial charge in [-0.15, -0.1) is 0 Å². The third-order valence-electron chi connectivity index (χ3n) is 4.90. The molecule has 1 aromatic rings. The van der Waals surface area contributed by atoms with E-state index in [4.69, 9.17) is 9.47 Å². The van der Waals surface area contributed by atoms with Crippen LogP contribution in [0.4, 0.5) is 4.79 Å². The van der Waals surface area contributed by atoms with E-state index in [2.05, 4.69) is 0 Å². The fourth-order valence-electron chi connectivity index (χ4n) is 3.49. The molecule has 8 nitrogen and oxygen atoms in total. The first-order valence-corrected chi connectivity index (χ1v) is 8.97. The molecular formula is C19H22N2O6. The highest BCUT2D eigenvalue weighted by Gasteiger charge is 2.48. The highest BCUT2D eigenvalue weighted by molar-refractivity contribution is 6.21. The number of methoxy groups -OCH3 is 1. The molecule has 1 fully saturated rings. The zero-order chi connectivity index (χ0) is 19.6. The van der Waals surface area contributed by atoms with Crippen LogP contribution in [0.3, 0.4) is 0 Å². The van der Waals surface area contributed by atoms with Crippen molar-refractivity contribution in [2.24, 2.45) is 0 Å². The van der Waals surface area contributed by atoms with Gasteiger partial charge in [0, 0.05) is 13.0 Å². The van der Waals surface area contributed by atoms with Gasteiger partial charge in [0.05, 0.1) is 30.9 Å². The number of carbonyl (C=O) groups excluding carboxylic acids is 4. The molecular weight excluding hydrogens is 352 g/mol. The number of rotatable bonds is 5. The lowest BCUT2D eigenvalue weighted by Gasteiger charge is -2.23. The van der Waals surface area contributed by atoms with Gasteiger partial charge in [0.15, 0.2) is 0 Å². The fraction of sp³-hybridized carbons (Fsp3) is 0.474. The van der Waals surface area contributed by atoms with E-state index < -0.39 is 36.0 Å². The lowest BCUT2D eigenvalue weighted by molar-refractivity contribution is -0.145. The number of carbonyl (C=O) groups is 4. The van der Waals surface area contributed by atoms with Gasteiger partial charge in [-0.3, -0.25) is 19.4 Å². The topological polar surface area (TPSA) is 93.2 Å². The van der Waals surface area contributed by atoms with E-state index >= 15 is 0 Å². The Balaban J connectivity index is 1.80. The Bertz CT molecular complexity index is 742. The highest BCUT2D eigenvalue weighted by Crippen LogP contribution is 2.31. The van der Waals surface area contributed by atoms with E-state index in [-0.39, 0.29) is 19.6 Å². The van der Waals surface area contributed by atoms with E-state index in [0.29, 0.717) is 17.5 Å². The molecule has 0 aliphatic carbocycles. The quantitative estimate of drug-likeness (QED) is 0.443. The Labute approximate surface area is 157 Å². The smallest absolute Gasteiger partial charge is 0.410 e. The van der Waals surface area contributed by atoms with Crippen LogP contribution in [0.15, 0.2) is 24.3 Å². The lowest BCUT2D eigenvalue weighted by atomic mass is 10.1. The summed E-state index contributed by atoms with van der Waals surface area (Å²) in [6, 6.07) is 5.07. The fourth-order valence-corrected chi connectivity index (χ4v) is 3.49. The largest absolute Gasteiger partial charge is 0.467 e. The summed E-state index contributed by atoms with van der Waals surface area (Å²) < 4.78 is 10.00. The maximum Gasteiger partial charge on any atom is 0.410 e. The summed E-state index contributed by atoms with van der Waals surface area (Å²) in [4.78, 5) is 52.3. The van der Waals surface area contributed by atoms with Gasteiger partial charge in [0.2, 0.25) is 0 Å². The first-order chi connectivity index (χ1) is 13.0. The average Bonchev–Trinajstić information content (AvgIpc) is 3.21. The second-order valence-corrected chi connectivity index (χ2v) is 6.57. The molecule has 2 heterocycles. The average molecular weight is 374 g/mol. The number of nitrogens with zero attached hydrogens (tertiary/aromatic N) is 2. The molecule has 2 aliphatic heterocycles. The molecule has 2 atom stereocenters. The van der Waals surface area contributed by atoms with Crippen molar-refractivity contribution in [3.8, 4) is 0 Å². The molecule has 1 aromatic carbocycles. The van der Waals surface area contributed by atoms with E-state index in [1.807, 2.05) is 6.92 Å². The highest BCUT2D eigenvalue weighted by atomic mass is 16.6. The Kier molecular flexibility index (Phi) is 5.43. The Morgan fingerprint density at radius 1 is 1.15 bits per heavy atom. The molecule has 0 unspecified atom stereocenters. The number of imide groups is 1. The van der Waals surface area contributed by atoms with Crippen LogP contribution in [0.5, 0.6) is 0 Å². The van der Waals surface area contributed by atoms with E-state index in [9.17, 15) is 19.2 Å². The number of benzene rings is 1. The van der Waals surface area contributed by atoms with Crippen molar-refractivity contribution < 1.29 is 28.7 Å². The molecule has 0 saturated carbocycles. The SMILES string of the molecule is CCCCOC(=O)N1C[C@H](N2C(=O)c3ccccc3C2=O)C[C@H]1C(=O)OC. The van der Waals surface area contributed by atoms with Gasteiger partial charge in [-0.1, -0.05) is 25.5 Å². The van der Waals surface area contributed by atoms with Crippen molar-refractivity contribution in [2.75, 3.05) is 20.3 Å². The van der Waals surface area contributed by atoms with Gasteiger partial charge in [0.1, 0.15) is 6.04 Å². The number of fused-ring (bicyclic) bond motifs is 1. The molecule has 27 heavy (non-hydrogen) atoms. The summed E-state index contributed by atoms with van der Waals surface area (Å²) in [5.74, 6) is -1.42. The van der Waals surface area contributed by atoms with Crippen LogP contribution in [0.1, 0.15) is 46.9 Å². The van der Waals surface area contributed by atoms with Crippen molar-refractivity contribution in [2.45, 2.75) is 38.3 Å². The zero-order valence-corrected chi connectivity index (χ0v) is 15.3. The summed E-state index contributed by atoms with van der Waals surface area (Å²) in [6.45, 7) is 2.26. The molecule has 3 amide bonds. The molecule has 2 aliphatic rings. The molecule has 0 radical (unpaired) electrons. The Morgan fingerprint density at radius 2 is 1.78 bits per heavy atom. The van der Waals surface area contributed by atoms with Crippen molar-refractivity contribution in [1.29, 1.82) is 0 Å². The predicted molar refractivity (Wildman–Crippen MR) is 94.1 cm³/mol. The van der Waals surface area contributed by atoms with E-state index in [1.54, 1.807) is 24.3 Å². The second kappa shape index (κ2) is 7.77. The molecule has 0 spiro atoms. The number of amides is 3. The number of unbranched alkanes of at least 4 members (excludes halogenated alkanes) is 1. The first kappa shape index (κ1) is 18.9. The maximum atomic E-state index is 12.7. The van der Waals surface area contributed by atoms with Crippen LogP contribution in [-0.4, -0.2) is 66.0 Å². The number of likely N-dealkylation sites (tertiary alicyclic amines) is 1. The Hall–Kier alpha value is -2.90. The normalized spacial score (nSPS) is 21.4. The Morgan fingerprint density at radius 3 is 2.33 bits per heavy atom. The maximum absolute atomic E-state index is 12.7. The van der Waals surface area contributed by atoms with E-state index in [0.717, 1.165) is 11.3 Å². The van der Waals surface area contributed by atoms with Crippen LogP contribution in [0, 0.1) is 0 Å². The zero-order valence-electron chi connectivity index (χ0n) is 15.3. The lowest BCUT2D eigenvalue weighted by Crippen LogP contribution is -2.43. The summed E-state index contributed by atoms with van der Waals surface area (Å²) in [7, 11) is 1.23. The summed E-state index contributed by atoms with van der Waals surface area (Å²) in [6.07, 6.45) is 1.06. The monoisotopic (exact) mass is 374 g/mol. The van der Waals surface area contributed by atoms with Crippen molar-refractivity contribution in [1.82, 2.24) is 9.80 Å². The number of hydrogen-bond acceptors (Lipinski definition) is 6. The van der Waals surface area contributed by atoms with Gasteiger partial charge in [-0.25, -0.2) is 9.59 Å². The molecule has 8 heteroatoms. The van der Waals surface area contributed by atoms with Crippen LogP contribution >= 0.6 is 0 Å². The predicted octanol–water partition coefficient (Wildman–Crippen LogP) is 1.84. The van der Waals surface area contributed by atoms with Crippen LogP contribution < -0.4 is 0 Å².